The largest absolute Gasteiger partial charge is 0.472 e. The number of carbonyl (C=O) groups is 4. The fourth-order valence-corrected chi connectivity index (χ4v) is 3.91. The number of hydrogen-bond acceptors (Lipinski definition) is 15. The minimum Gasteiger partial charge on any atom is -0.462 e. The van der Waals surface area contributed by atoms with Crippen LogP contribution in [0, 0.1) is 0 Å². The molecule has 0 amide bonds. The second-order valence-electron chi connectivity index (χ2n) is 7.83. The Morgan fingerprint density at radius 1 is 0.667 bits per heavy atom. The Morgan fingerprint density at radius 2 is 1.08 bits per heavy atom. The number of carbonyl (C=O) groups excluding carboxylic acids is 4. The highest BCUT2D eigenvalue weighted by molar-refractivity contribution is 7.47. The summed E-state index contributed by atoms with van der Waals surface area (Å²) >= 11 is 0. The fraction of sp³-hybridized carbons (Fsp3) is 0.800. The number of unbranched alkanes of at least 4 members (excludes halogenated alkanes) is 1. The molecule has 0 aliphatic heterocycles. The van der Waals surface area contributed by atoms with Crippen molar-refractivity contribution < 1.29 is 80.2 Å². The fourth-order valence-electron chi connectivity index (χ4n) is 2.33. The number of rotatable bonds is 21. The Labute approximate surface area is 225 Å². The summed E-state index contributed by atoms with van der Waals surface area (Å²) in [5, 5.41) is 9.85. The van der Waals surface area contributed by atoms with Crippen molar-refractivity contribution in [3.63, 3.8) is 0 Å². The molecule has 0 aliphatic carbocycles. The van der Waals surface area contributed by atoms with Crippen molar-refractivity contribution in [2.45, 2.75) is 65.3 Å². The van der Waals surface area contributed by atoms with E-state index in [1.165, 1.54) is 0 Å². The molecule has 19 heteroatoms. The molecular formula is C20H36O17P2. The minimum absolute atomic E-state index is 0.137. The van der Waals surface area contributed by atoms with Crippen LogP contribution in [0.4, 0.5) is 0 Å². The van der Waals surface area contributed by atoms with Gasteiger partial charge in [0.1, 0.15) is 19.3 Å². The average molecular weight is 610 g/mol. The third-order valence-corrected chi connectivity index (χ3v) is 5.91. The number of aliphatic hydroxyl groups excluding tert-OH is 1. The third kappa shape index (κ3) is 21.5. The molecule has 0 aliphatic rings. The Kier molecular flexibility index (Phi) is 18.2. The van der Waals surface area contributed by atoms with Crippen molar-refractivity contribution in [3.05, 3.63) is 0 Å². The first-order valence-corrected chi connectivity index (χ1v) is 14.6. The van der Waals surface area contributed by atoms with Crippen LogP contribution in [0.2, 0.25) is 0 Å². The predicted octanol–water partition coefficient (Wildman–Crippen LogP) is 0.774. The summed E-state index contributed by atoms with van der Waals surface area (Å²) in [5.41, 5.74) is 0. The van der Waals surface area contributed by atoms with Crippen molar-refractivity contribution in [1.82, 2.24) is 0 Å². The summed E-state index contributed by atoms with van der Waals surface area (Å²) in [5.74, 6) is -2.80. The van der Waals surface area contributed by atoms with Crippen LogP contribution in [0.3, 0.4) is 0 Å². The van der Waals surface area contributed by atoms with Gasteiger partial charge in [0.05, 0.1) is 26.4 Å². The zero-order valence-electron chi connectivity index (χ0n) is 22.0. The maximum atomic E-state index is 12.1. The second-order valence-corrected chi connectivity index (χ2v) is 10.7. The molecule has 39 heavy (non-hydrogen) atoms. The molecule has 3 N–H and O–H groups in total. The van der Waals surface area contributed by atoms with Crippen molar-refractivity contribution >= 4 is 39.5 Å². The molecule has 0 heterocycles. The smallest absolute Gasteiger partial charge is 0.462 e. The lowest BCUT2D eigenvalue weighted by Gasteiger charge is -2.21. The van der Waals surface area contributed by atoms with Crippen LogP contribution in [0.15, 0.2) is 0 Å². The Bertz CT molecular complexity index is 878. The normalized spacial score (nSPS) is 16.6. The van der Waals surface area contributed by atoms with Crippen molar-refractivity contribution in [2.75, 3.05) is 39.6 Å². The predicted molar refractivity (Wildman–Crippen MR) is 128 cm³/mol. The molecule has 0 aromatic rings. The highest BCUT2D eigenvalue weighted by Gasteiger charge is 2.29. The number of hydrogen-bond donors (Lipinski definition) is 3. The number of aliphatic hydroxyl groups is 1. The first kappa shape index (κ1) is 37.1. The molecular weight excluding hydrogens is 574 g/mol. The van der Waals surface area contributed by atoms with Gasteiger partial charge in [-0.05, 0) is 6.42 Å². The molecule has 0 aromatic carbocycles. The van der Waals surface area contributed by atoms with Gasteiger partial charge in [0.25, 0.3) is 0 Å². The Balaban J connectivity index is 4.63. The zero-order chi connectivity index (χ0) is 30.1. The highest BCUT2D eigenvalue weighted by atomic mass is 31.2. The first-order valence-electron chi connectivity index (χ1n) is 11.6. The number of ether oxygens (including phenoxy) is 4. The molecule has 0 radical (unpaired) electrons. The van der Waals surface area contributed by atoms with E-state index in [-0.39, 0.29) is 6.42 Å². The molecule has 0 saturated heterocycles. The second kappa shape index (κ2) is 19.2. The molecule has 17 nitrogen and oxygen atoms in total. The van der Waals surface area contributed by atoms with E-state index in [2.05, 4.69) is 18.3 Å². The van der Waals surface area contributed by atoms with Gasteiger partial charge in [0.15, 0.2) is 12.2 Å². The molecule has 5 atom stereocenters. The highest BCUT2D eigenvalue weighted by Crippen LogP contribution is 2.45. The number of phosphoric ester groups is 2. The quantitative estimate of drug-likeness (QED) is 0.0924. The molecule has 0 bridgehead atoms. The van der Waals surface area contributed by atoms with E-state index in [9.17, 15) is 43.2 Å². The summed E-state index contributed by atoms with van der Waals surface area (Å²) < 4.78 is 61.8. The molecule has 228 valence electrons. The SMILES string of the molecule is CCCCC(=O)OC[C@H](COP(=O)(O)OC[C@H](O)COP(=O)(O)OC[C@@H](COC(C)=O)OC(C)=O)OC(C)=O. The van der Waals surface area contributed by atoms with E-state index in [1.54, 1.807) is 0 Å². The van der Waals surface area contributed by atoms with Gasteiger partial charge in [-0.2, -0.15) is 0 Å². The van der Waals surface area contributed by atoms with Gasteiger partial charge in [0, 0.05) is 27.2 Å². The molecule has 0 saturated carbocycles. The van der Waals surface area contributed by atoms with Crippen LogP contribution in [-0.2, 0) is 65.4 Å². The standard InChI is InChI=1S/C20H36O17P2/c1-5-6-7-20(25)31-11-19(37-16(4)23)13-35-39(28,29)33-9-17(24)8-32-38(26,27)34-12-18(36-15(3)22)10-30-14(2)21/h17-19,24H,5-13H2,1-4H3,(H,26,27)(H,28,29)/t17-,18-,19-/m1/s1. The summed E-state index contributed by atoms with van der Waals surface area (Å²) in [7, 11) is -9.65. The Hall–Kier alpha value is -1.94. The van der Waals surface area contributed by atoms with E-state index in [0.717, 1.165) is 27.2 Å². The van der Waals surface area contributed by atoms with Crippen LogP contribution in [-0.4, -0.2) is 96.7 Å². The van der Waals surface area contributed by atoms with Crippen LogP contribution in [0.5, 0.6) is 0 Å². The topological polar surface area (TPSA) is 237 Å². The van der Waals surface area contributed by atoms with Crippen molar-refractivity contribution in [2.24, 2.45) is 0 Å². The lowest BCUT2D eigenvalue weighted by Crippen LogP contribution is -2.29. The monoisotopic (exact) mass is 610 g/mol. The van der Waals surface area contributed by atoms with Gasteiger partial charge in [-0.3, -0.25) is 37.3 Å². The molecule has 0 rings (SSSR count). The van der Waals surface area contributed by atoms with Crippen molar-refractivity contribution in [1.29, 1.82) is 0 Å². The molecule has 0 spiro atoms. The lowest BCUT2D eigenvalue weighted by atomic mass is 10.2. The van der Waals surface area contributed by atoms with Gasteiger partial charge in [-0.15, -0.1) is 0 Å². The molecule has 0 aromatic heterocycles. The van der Waals surface area contributed by atoms with E-state index in [0.29, 0.717) is 6.42 Å². The Morgan fingerprint density at radius 3 is 1.46 bits per heavy atom. The number of esters is 4. The maximum Gasteiger partial charge on any atom is 0.472 e. The first-order chi connectivity index (χ1) is 18.0. The summed E-state index contributed by atoms with van der Waals surface area (Å²) in [6.07, 6.45) is -2.69. The van der Waals surface area contributed by atoms with Gasteiger partial charge in [-0.25, -0.2) is 9.13 Å². The third-order valence-electron chi connectivity index (χ3n) is 4.01. The van der Waals surface area contributed by atoms with E-state index < -0.39 is 97.5 Å². The minimum atomic E-state index is -4.83. The van der Waals surface area contributed by atoms with Crippen LogP contribution in [0.1, 0.15) is 47.0 Å². The van der Waals surface area contributed by atoms with Gasteiger partial charge in [0.2, 0.25) is 0 Å². The van der Waals surface area contributed by atoms with E-state index in [4.69, 9.17) is 18.7 Å². The van der Waals surface area contributed by atoms with Crippen LogP contribution >= 0.6 is 15.6 Å². The number of phosphoric acid groups is 2. The van der Waals surface area contributed by atoms with Crippen LogP contribution < -0.4 is 0 Å². The average Bonchev–Trinajstić information content (AvgIpc) is 2.83. The van der Waals surface area contributed by atoms with Crippen LogP contribution in [0.25, 0.3) is 0 Å². The van der Waals surface area contributed by atoms with Crippen molar-refractivity contribution in [3.8, 4) is 0 Å². The van der Waals surface area contributed by atoms with Gasteiger partial charge in [-0.1, -0.05) is 13.3 Å². The van der Waals surface area contributed by atoms with Gasteiger partial charge < -0.3 is 33.8 Å². The lowest BCUT2D eigenvalue weighted by molar-refractivity contribution is -0.159. The van der Waals surface area contributed by atoms with E-state index >= 15 is 0 Å². The molecule has 0 fully saturated rings. The zero-order valence-corrected chi connectivity index (χ0v) is 23.8. The summed E-state index contributed by atoms with van der Waals surface area (Å²) in [4.78, 5) is 64.3. The summed E-state index contributed by atoms with van der Waals surface area (Å²) in [6, 6.07) is 0. The maximum absolute atomic E-state index is 12.1. The van der Waals surface area contributed by atoms with E-state index in [1.807, 2.05) is 6.92 Å². The molecule has 2 unspecified atom stereocenters. The van der Waals surface area contributed by atoms with Gasteiger partial charge >= 0.3 is 39.5 Å². The summed E-state index contributed by atoms with van der Waals surface area (Å²) in [6.45, 7) is 0.977.